The van der Waals surface area contributed by atoms with Gasteiger partial charge in [-0.2, -0.15) is 0 Å². The molecule has 1 N–H and O–H groups in total. The minimum atomic E-state index is -1.04. The van der Waals surface area contributed by atoms with Crippen molar-refractivity contribution >= 4 is 12.2 Å². The third kappa shape index (κ3) is 4.29. The molecule has 0 aliphatic carbocycles. The summed E-state index contributed by atoms with van der Waals surface area (Å²) < 4.78 is 32.2. The molecule has 4 nitrogen and oxygen atoms in total. The maximum Gasteiger partial charge on any atom is 0.260 e. The monoisotopic (exact) mass is 285 g/mol. The molecule has 0 saturated carbocycles. The first-order valence-corrected chi connectivity index (χ1v) is 6.23. The van der Waals surface area contributed by atoms with Crippen LogP contribution in [0, 0.1) is 17.6 Å². The van der Waals surface area contributed by atoms with Crippen molar-refractivity contribution in [1.29, 1.82) is 0 Å². The third-order valence-electron chi connectivity index (χ3n) is 2.51. The van der Waals surface area contributed by atoms with E-state index in [-0.39, 0.29) is 11.5 Å². The van der Waals surface area contributed by atoms with Crippen molar-refractivity contribution in [3.63, 3.8) is 0 Å². The number of hydrogen-bond acceptors (Lipinski definition) is 3. The fraction of sp³-hybridized carbons (Fsp3) is 0.429. The van der Waals surface area contributed by atoms with E-state index in [0.29, 0.717) is 12.8 Å². The summed E-state index contributed by atoms with van der Waals surface area (Å²) in [7, 11) is 0. The van der Waals surface area contributed by atoms with E-state index in [1.807, 2.05) is 13.8 Å². The second kappa shape index (κ2) is 6.98. The first-order chi connectivity index (χ1) is 9.35. The molecule has 0 aliphatic heterocycles. The summed E-state index contributed by atoms with van der Waals surface area (Å²) >= 11 is 0. The largest absolute Gasteiger partial charge is 0.475 e. The summed E-state index contributed by atoms with van der Waals surface area (Å²) in [4.78, 5) is 22.1. The normalized spacial score (nSPS) is 12.1. The zero-order valence-electron chi connectivity index (χ0n) is 11.6. The fourth-order valence-corrected chi connectivity index (χ4v) is 1.44. The molecule has 0 bridgehead atoms. The molecule has 0 fully saturated rings. The van der Waals surface area contributed by atoms with Crippen molar-refractivity contribution < 1.29 is 23.1 Å². The molecule has 1 rings (SSSR count). The van der Waals surface area contributed by atoms with Gasteiger partial charge in [-0.3, -0.25) is 9.59 Å². The van der Waals surface area contributed by atoms with E-state index in [1.54, 1.807) is 0 Å². The van der Waals surface area contributed by atoms with Crippen LogP contribution in [0.1, 0.15) is 31.1 Å². The summed E-state index contributed by atoms with van der Waals surface area (Å²) in [5, 5.41) is 2.60. The Balaban J connectivity index is 2.77. The van der Waals surface area contributed by atoms with Crippen molar-refractivity contribution in [3.8, 4) is 5.75 Å². The molecule has 1 amide bonds. The maximum atomic E-state index is 13.6. The number of nitrogens with one attached hydrogen (secondary N) is 1. The van der Waals surface area contributed by atoms with Gasteiger partial charge in [0.25, 0.3) is 5.91 Å². The second-order valence-electron chi connectivity index (χ2n) is 4.83. The van der Waals surface area contributed by atoms with Crippen molar-refractivity contribution in [3.05, 3.63) is 29.3 Å². The first kappa shape index (κ1) is 16.1. The number of rotatable bonds is 6. The van der Waals surface area contributed by atoms with Crippen LogP contribution in [0.4, 0.5) is 8.78 Å². The summed E-state index contributed by atoms with van der Waals surface area (Å²) in [5.74, 6) is -2.91. The Morgan fingerprint density at radius 2 is 1.85 bits per heavy atom. The minimum absolute atomic E-state index is 0.135. The topological polar surface area (TPSA) is 55.4 Å². The van der Waals surface area contributed by atoms with Crippen LogP contribution in [0.15, 0.2) is 12.1 Å². The van der Waals surface area contributed by atoms with E-state index in [9.17, 15) is 18.4 Å². The lowest BCUT2D eigenvalue weighted by Crippen LogP contribution is -2.38. The van der Waals surface area contributed by atoms with E-state index in [4.69, 9.17) is 4.74 Å². The Labute approximate surface area is 116 Å². The molecule has 1 atom stereocenters. The van der Waals surface area contributed by atoms with Crippen molar-refractivity contribution in [2.24, 2.45) is 5.92 Å². The smallest absolute Gasteiger partial charge is 0.260 e. The number of carbonyl (C=O) groups excluding carboxylic acids is 2. The van der Waals surface area contributed by atoms with Crippen LogP contribution in [-0.4, -0.2) is 24.8 Å². The number of halogens is 2. The van der Waals surface area contributed by atoms with Crippen LogP contribution in [0.25, 0.3) is 0 Å². The van der Waals surface area contributed by atoms with Gasteiger partial charge in [-0.25, -0.2) is 8.78 Å². The highest BCUT2D eigenvalue weighted by Crippen LogP contribution is 2.23. The summed E-state index contributed by atoms with van der Waals surface area (Å²) in [6.45, 7) is 5.68. The Morgan fingerprint density at radius 3 is 2.30 bits per heavy atom. The zero-order chi connectivity index (χ0) is 15.3. The molecule has 0 spiro atoms. The lowest BCUT2D eigenvalue weighted by molar-refractivity contribution is -0.127. The van der Waals surface area contributed by atoms with E-state index in [2.05, 4.69) is 5.32 Å². The summed E-state index contributed by atoms with van der Waals surface area (Å²) in [6, 6.07) is 1.70. The highest BCUT2D eigenvalue weighted by molar-refractivity contribution is 5.80. The number of ether oxygens (including phenoxy) is 1. The van der Waals surface area contributed by atoms with Crippen molar-refractivity contribution in [1.82, 2.24) is 5.32 Å². The molecule has 0 saturated heterocycles. The molecule has 0 heterocycles. The quantitative estimate of drug-likeness (QED) is 0.816. The first-order valence-electron chi connectivity index (χ1n) is 6.23. The number of aldehydes is 1. The average molecular weight is 285 g/mol. The predicted molar refractivity (Wildman–Crippen MR) is 69.7 cm³/mol. The fourth-order valence-electron chi connectivity index (χ4n) is 1.44. The van der Waals surface area contributed by atoms with Crippen LogP contribution in [-0.2, 0) is 4.79 Å². The standard InChI is InChI=1S/C14H17F2NO3/c1-8(2)6-17-14(19)9(3)20-13-11(15)4-10(7-18)5-12(13)16/h4-5,7-9H,6H2,1-3H3,(H,17,19). The number of benzene rings is 1. The zero-order valence-corrected chi connectivity index (χ0v) is 11.6. The Hall–Kier alpha value is -1.98. The van der Waals surface area contributed by atoms with Gasteiger partial charge in [-0.1, -0.05) is 13.8 Å². The van der Waals surface area contributed by atoms with Gasteiger partial charge in [-0.05, 0) is 25.0 Å². The van der Waals surface area contributed by atoms with Gasteiger partial charge < -0.3 is 10.1 Å². The summed E-state index contributed by atoms with van der Waals surface area (Å²) in [6.07, 6.45) is -0.714. The molecule has 0 radical (unpaired) electrons. The lowest BCUT2D eigenvalue weighted by atomic mass is 10.2. The number of carbonyl (C=O) groups is 2. The second-order valence-corrected chi connectivity index (χ2v) is 4.83. The van der Waals surface area contributed by atoms with Gasteiger partial charge in [-0.15, -0.1) is 0 Å². The van der Waals surface area contributed by atoms with E-state index in [1.165, 1.54) is 6.92 Å². The van der Waals surface area contributed by atoms with Gasteiger partial charge in [0, 0.05) is 12.1 Å². The molecule has 20 heavy (non-hydrogen) atoms. The predicted octanol–water partition coefficient (Wildman–Crippen LogP) is 2.32. The summed E-state index contributed by atoms with van der Waals surface area (Å²) in [5.41, 5.74) is -0.135. The van der Waals surface area contributed by atoms with Crippen molar-refractivity contribution in [2.45, 2.75) is 26.9 Å². The Morgan fingerprint density at radius 1 is 1.30 bits per heavy atom. The number of hydrogen-bond donors (Lipinski definition) is 1. The van der Waals surface area contributed by atoms with Crippen molar-refractivity contribution in [2.75, 3.05) is 6.54 Å². The van der Waals surface area contributed by atoms with Gasteiger partial charge in [0.15, 0.2) is 23.5 Å². The van der Waals surface area contributed by atoms with Crippen LogP contribution < -0.4 is 10.1 Å². The molecule has 0 aliphatic rings. The third-order valence-corrected chi connectivity index (χ3v) is 2.51. The van der Waals surface area contributed by atoms with Gasteiger partial charge >= 0.3 is 0 Å². The van der Waals surface area contributed by atoms with E-state index < -0.39 is 29.4 Å². The molecule has 1 aromatic carbocycles. The molecule has 0 aromatic heterocycles. The average Bonchev–Trinajstić information content (AvgIpc) is 2.39. The van der Waals surface area contributed by atoms with Gasteiger partial charge in [0.05, 0.1) is 0 Å². The van der Waals surface area contributed by atoms with Gasteiger partial charge in [0.1, 0.15) is 6.29 Å². The molecular weight excluding hydrogens is 268 g/mol. The van der Waals surface area contributed by atoms with Crippen LogP contribution in [0.5, 0.6) is 5.75 Å². The van der Waals surface area contributed by atoms with E-state index >= 15 is 0 Å². The van der Waals surface area contributed by atoms with Gasteiger partial charge in [0.2, 0.25) is 0 Å². The molecule has 110 valence electrons. The molecule has 6 heteroatoms. The highest BCUT2D eigenvalue weighted by Gasteiger charge is 2.20. The van der Waals surface area contributed by atoms with Crippen LogP contribution in [0.3, 0.4) is 0 Å². The maximum absolute atomic E-state index is 13.6. The minimum Gasteiger partial charge on any atom is -0.475 e. The Kier molecular flexibility index (Phi) is 5.61. The van der Waals surface area contributed by atoms with Crippen LogP contribution >= 0.6 is 0 Å². The van der Waals surface area contributed by atoms with E-state index in [0.717, 1.165) is 12.1 Å². The number of amides is 1. The molecule has 1 aromatic rings. The Bertz CT molecular complexity index is 480. The lowest BCUT2D eigenvalue weighted by Gasteiger charge is -2.16. The molecule has 1 unspecified atom stereocenters. The van der Waals surface area contributed by atoms with Crippen LogP contribution in [0.2, 0.25) is 0 Å². The highest BCUT2D eigenvalue weighted by atomic mass is 19.1. The molecular formula is C14H17F2NO3. The SMILES string of the molecule is CC(C)CNC(=O)C(C)Oc1c(F)cc(C=O)cc1F.